The van der Waals surface area contributed by atoms with E-state index in [-0.39, 0.29) is 16.2 Å². The summed E-state index contributed by atoms with van der Waals surface area (Å²) in [7, 11) is 2.11. The van der Waals surface area contributed by atoms with Crippen LogP contribution in [0.3, 0.4) is 0 Å². The lowest BCUT2D eigenvalue weighted by Gasteiger charge is -2.31. The number of ether oxygens (including phenoxy) is 1. The van der Waals surface area contributed by atoms with Gasteiger partial charge in [0.15, 0.2) is 0 Å². The maximum atomic E-state index is 6.49. The van der Waals surface area contributed by atoms with Gasteiger partial charge in [0.1, 0.15) is 11.6 Å². The van der Waals surface area contributed by atoms with Gasteiger partial charge < -0.3 is 14.5 Å². The number of hydrogen-bond acceptors (Lipinski definition) is 6. The fourth-order valence-electron chi connectivity index (χ4n) is 6.06. The number of fused-ring (bicyclic) bond motifs is 1. The standard InChI is InChI=1S/C42H49N5O/c1-40(2,3)29-18-20-43-38(25-29)47(34-23-30(41(4,5)6)22-31(24-34)42(7,8)9)33-14-13-15-35(26-33)48-39-27-32(19-21-44-39)46-28-45(10)36-16-11-12-17-37(36)46/h11-27H,28H2,1-10H3. The first-order valence-corrected chi connectivity index (χ1v) is 16.8. The van der Waals surface area contributed by atoms with Crippen molar-refractivity contribution < 1.29 is 4.74 Å². The Morgan fingerprint density at radius 1 is 0.604 bits per heavy atom. The minimum absolute atomic E-state index is 0.0283. The van der Waals surface area contributed by atoms with Crippen molar-refractivity contribution >= 4 is 34.3 Å². The van der Waals surface area contributed by atoms with E-state index in [1.165, 1.54) is 28.1 Å². The van der Waals surface area contributed by atoms with Gasteiger partial charge in [-0.2, -0.15) is 0 Å². The van der Waals surface area contributed by atoms with Crippen molar-refractivity contribution in [2.24, 2.45) is 0 Å². The Kier molecular flexibility index (Phi) is 8.49. The summed E-state index contributed by atoms with van der Waals surface area (Å²) in [5, 5.41) is 0. The van der Waals surface area contributed by atoms with Crippen molar-refractivity contribution in [1.29, 1.82) is 0 Å². The Labute approximate surface area is 287 Å². The maximum absolute atomic E-state index is 6.49. The van der Waals surface area contributed by atoms with Gasteiger partial charge in [0, 0.05) is 42.9 Å². The summed E-state index contributed by atoms with van der Waals surface area (Å²) < 4.78 is 6.49. The molecule has 1 aliphatic rings. The molecule has 0 unspecified atom stereocenters. The Morgan fingerprint density at radius 2 is 1.25 bits per heavy atom. The predicted molar refractivity (Wildman–Crippen MR) is 201 cm³/mol. The molecule has 0 atom stereocenters. The van der Waals surface area contributed by atoms with Gasteiger partial charge >= 0.3 is 0 Å². The van der Waals surface area contributed by atoms with E-state index in [1.807, 2.05) is 36.7 Å². The van der Waals surface area contributed by atoms with Gasteiger partial charge in [-0.1, -0.05) is 86.6 Å². The largest absolute Gasteiger partial charge is 0.439 e. The molecule has 0 saturated carbocycles. The molecule has 48 heavy (non-hydrogen) atoms. The summed E-state index contributed by atoms with van der Waals surface area (Å²) in [5.41, 5.74) is 9.14. The fraction of sp³-hybridized carbons (Fsp3) is 0.333. The second-order valence-electron chi connectivity index (χ2n) is 16.0. The van der Waals surface area contributed by atoms with Crippen LogP contribution in [0, 0.1) is 0 Å². The Bertz CT molecular complexity index is 1900. The van der Waals surface area contributed by atoms with Crippen molar-refractivity contribution in [3.63, 3.8) is 0 Å². The summed E-state index contributed by atoms with van der Waals surface area (Å²) in [6.07, 6.45) is 3.74. The molecule has 3 aromatic carbocycles. The van der Waals surface area contributed by atoms with Gasteiger partial charge in [-0.05, 0) is 87.5 Å². The lowest BCUT2D eigenvalue weighted by atomic mass is 9.80. The molecule has 0 aliphatic carbocycles. The van der Waals surface area contributed by atoms with E-state index in [0.717, 1.165) is 29.5 Å². The lowest BCUT2D eigenvalue weighted by Crippen LogP contribution is -2.23. The van der Waals surface area contributed by atoms with Crippen molar-refractivity contribution in [1.82, 2.24) is 9.97 Å². The van der Waals surface area contributed by atoms with Gasteiger partial charge in [-0.25, -0.2) is 9.97 Å². The monoisotopic (exact) mass is 639 g/mol. The van der Waals surface area contributed by atoms with E-state index < -0.39 is 0 Å². The van der Waals surface area contributed by atoms with E-state index in [4.69, 9.17) is 9.72 Å². The fourth-order valence-corrected chi connectivity index (χ4v) is 6.06. The highest BCUT2D eigenvalue weighted by Crippen LogP contribution is 2.43. The zero-order valence-electron chi connectivity index (χ0n) is 30.2. The topological polar surface area (TPSA) is 44.7 Å². The number of para-hydroxylation sites is 2. The van der Waals surface area contributed by atoms with Crippen LogP contribution in [-0.4, -0.2) is 23.7 Å². The van der Waals surface area contributed by atoms with Crippen molar-refractivity contribution in [2.45, 2.75) is 78.6 Å². The molecule has 248 valence electrons. The molecule has 0 amide bonds. The van der Waals surface area contributed by atoms with Crippen molar-refractivity contribution in [3.05, 3.63) is 120 Å². The summed E-state index contributed by atoms with van der Waals surface area (Å²) in [6, 6.07) is 32.0. The molecular formula is C42H49N5O. The highest BCUT2D eigenvalue weighted by molar-refractivity contribution is 5.82. The van der Waals surface area contributed by atoms with Gasteiger partial charge in [0.25, 0.3) is 0 Å². The molecule has 0 spiro atoms. The first-order chi connectivity index (χ1) is 22.6. The van der Waals surface area contributed by atoms with E-state index in [9.17, 15) is 0 Å². The van der Waals surface area contributed by atoms with Crippen LogP contribution in [0.1, 0.15) is 79.0 Å². The highest BCUT2D eigenvalue weighted by atomic mass is 16.5. The Hall–Kier alpha value is -4.84. The number of rotatable bonds is 6. The number of nitrogens with zero attached hydrogens (tertiary/aromatic N) is 5. The Balaban J connectivity index is 1.42. The third kappa shape index (κ3) is 6.89. The van der Waals surface area contributed by atoms with Gasteiger partial charge in [0.05, 0.1) is 23.7 Å². The maximum Gasteiger partial charge on any atom is 0.221 e. The molecule has 0 N–H and O–H groups in total. The number of hydrogen-bond donors (Lipinski definition) is 0. The van der Waals surface area contributed by atoms with E-state index in [1.54, 1.807) is 0 Å². The van der Waals surface area contributed by atoms with E-state index >= 15 is 0 Å². The third-order valence-corrected chi connectivity index (χ3v) is 9.01. The summed E-state index contributed by atoms with van der Waals surface area (Å²) in [6.45, 7) is 21.1. The molecule has 6 rings (SSSR count). The first-order valence-electron chi connectivity index (χ1n) is 16.8. The zero-order valence-corrected chi connectivity index (χ0v) is 30.2. The van der Waals surface area contributed by atoms with Crippen LogP contribution in [0.25, 0.3) is 0 Å². The zero-order chi connectivity index (χ0) is 34.4. The molecule has 6 nitrogen and oxygen atoms in total. The van der Waals surface area contributed by atoms with Crippen molar-refractivity contribution in [2.75, 3.05) is 28.4 Å². The molecule has 2 aromatic heterocycles. The van der Waals surface area contributed by atoms with Crippen molar-refractivity contribution in [3.8, 4) is 11.6 Å². The number of aromatic nitrogens is 2. The SMILES string of the molecule is CN1CN(c2ccnc(Oc3cccc(N(c4cc(C(C)(C)C)cc(C(C)(C)C)c4)c4cc(C(C)(C)C)ccn4)c3)c2)c2ccccc21. The van der Waals surface area contributed by atoms with Gasteiger partial charge in [0.2, 0.25) is 5.88 Å². The Morgan fingerprint density at radius 3 is 1.92 bits per heavy atom. The van der Waals surface area contributed by atoms with Gasteiger partial charge in [-0.15, -0.1) is 0 Å². The summed E-state index contributed by atoms with van der Waals surface area (Å²) in [5.74, 6) is 2.11. The molecule has 1 aliphatic heterocycles. The smallest absolute Gasteiger partial charge is 0.221 e. The van der Waals surface area contributed by atoms with Crippen LogP contribution in [0.15, 0.2) is 103 Å². The minimum Gasteiger partial charge on any atom is -0.439 e. The molecule has 0 fully saturated rings. The first kappa shape index (κ1) is 33.1. The highest BCUT2D eigenvalue weighted by Gasteiger charge is 2.26. The molecule has 0 saturated heterocycles. The lowest BCUT2D eigenvalue weighted by molar-refractivity contribution is 0.463. The molecule has 6 heteroatoms. The number of benzene rings is 3. The average Bonchev–Trinajstić information content (AvgIpc) is 3.37. The molecule has 5 aromatic rings. The van der Waals surface area contributed by atoms with Crippen LogP contribution in [-0.2, 0) is 16.2 Å². The van der Waals surface area contributed by atoms with Gasteiger partial charge in [-0.3, -0.25) is 4.90 Å². The summed E-state index contributed by atoms with van der Waals surface area (Å²) >= 11 is 0. The second kappa shape index (κ2) is 12.3. The molecular weight excluding hydrogens is 590 g/mol. The van der Waals surface area contributed by atoms with E-state index in [0.29, 0.717) is 11.6 Å². The van der Waals surface area contributed by atoms with Crippen LogP contribution in [0.4, 0.5) is 34.3 Å². The predicted octanol–water partition coefficient (Wildman–Crippen LogP) is 11.2. The minimum atomic E-state index is -0.0331. The van der Waals surface area contributed by atoms with E-state index in [2.05, 4.69) is 156 Å². The number of anilines is 6. The average molecular weight is 640 g/mol. The normalized spacial score (nSPS) is 13.5. The second-order valence-corrected chi connectivity index (χ2v) is 16.0. The van der Waals surface area contributed by atoms with Crippen LogP contribution in [0.5, 0.6) is 11.6 Å². The summed E-state index contributed by atoms with van der Waals surface area (Å²) in [4.78, 5) is 16.3. The molecule has 3 heterocycles. The third-order valence-electron chi connectivity index (χ3n) is 9.01. The molecule has 0 radical (unpaired) electrons. The van der Waals surface area contributed by atoms with Crippen LogP contribution in [0.2, 0.25) is 0 Å². The molecule has 0 bridgehead atoms. The quantitative estimate of drug-likeness (QED) is 0.184. The van der Waals surface area contributed by atoms with Crippen LogP contribution >= 0.6 is 0 Å². The number of pyridine rings is 2. The van der Waals surface area contributed by atoms with Crippen LogP contribution < -0.4 is 19.4 Å².